The van der Waals surface area contributed by atoms with E-state index in [0.717, 1.165) is 32.1 Å². The molecule has 0 radical (unpaired) electrons. The minimum Gasteiger partial charge on any atom is -0.481 e. The van der Waals surface area contributed by atoms with Crippen LogP contribution < -0.4 is 5.32 Å². The van der Waals surface area contributed by atoms with Crippen LogP contribution in [0.1, 0.15) is 26.7 Å². The Balaban J connectivity index is 1.70. The molecule has 0 aromatic carbocycles. The standard InChI is InChI=1S/C15H27N3O3/c1-11(2)13(14(19)20)9-16-15(21)18-7-5-17(6-8-18)10-12-3-4-12/h11-13H,3-10H2,1-2H3,(H,16,21)(H,19,20). The van der Waals surface area contributed by atoms with Crippen LogP contribution in [0.25, 0.3) is 0 Å². The molecule has 0 aromatic rings. The number of aliphatic carboxylic acids is 1. The number of urea groups is 1. The second-order valence-electron chi connectivity index (χ2n) is 6.61. The number of nitrogens with zero attached hydrogens (tertiary/aromatic N) is 2. The summed E-state index contributed by atoms with van der Waals surface area (Å²) in [6, 6.07) is -0.132. The average molecular weight is 297 g/mol. The molecule has 2 aliphatic rings. The fourth-order valence-electron chi connectivity index (χ4n) is 2.72. The Morgan fingerprint density at radius 1 is 1.19 bits per heavy atom. The Morgan fingerprint density at radius 2 is 1.81 bits per heavy atom. The molecule has 2 rings (SSSR count). The third kappa shape index (κ3) is 4.88. The number of hydrogen-bond donors (Lipinski definition) is 2. The first-order chi connectivity index (χ1) is 9.97. The highest BCUT2D eigenvalue weighted by Crippen LogP contribution is 2.29. The van der Waals surface area contributed by atoms with Crippen molar-refractivity contribution in [2.75, 3.05) is 39.3 Å². The number of hydrogen-bond acceptors (Lipinski definition) is 3. The van der Waals surface area contributed by atoms with Gasteiger partial charge in [0.25, 0.3) is 0 Å². The van der Waals surface area contributed by atoms with E-state index < -0.39 is 11.9 Å². The Labute approximate surface area is 126 Å². The van der Waals surface area contributed by atoms with Crippen molar-refractivity contribution in [1.29, 1.82) is 0 Å². The van der Waals surface area contributed by atoms with E-state index in [1.807, 2.05) is 13.8 Å². The first kappa shape index (κ1) is 16.1. The summed E-state index contributed by atoms with van der Waals surface area (Å²) in [5, 5.41) is 11.9. The van der Waals surface area contributed by atoms with Crippen molar-refractivity contribution in [3.63, 3.8) is 0 Å². The Bertz CT molecular complexity index is 374. The van der Waals surface area contributed by atoms with Crippen molar-refractivity contribution in [1.82, 2.24) is 15.1 Å². The van der Waals surface area contributed by atoms with E-state index in [0.29, 0.717) is 0 Å². The lowest BCUT2D eigenvalue weighted by Gasteiger charge is -2.35. The van der Waals surface area contributed by atoms with E-state index in [-0.39, 0.29) is 18.5 Å². The van der Waals surface area contributed by atoms with E-state index in [4.69, 9.17) is 5.11 Å². The molecule has 0 aromatic heterocycles. The highest BCUT2D eigenvalue weighted by Gasteiger charge is 2.28. The number of carboxylic acid groups (broad SMARTS) is 1. The zero-order chi connectivity index (χ0) is 15.4. The maximum atomic E-state index is 12.1. The van der Waals surface area contributed by atoms with Crippen LogP contribution in [0.4, 0.5) is 4.79 Å². The summed E-state index contributed by atoms with van der Waals surface area (Å²) in [5.74, 6) is -0.476. The average Bonchev–Trinajstić information content (AvgIpc) is 3.22. The topological polar surface area (TPSA) is 72.9 Å². The van der Waals surface area contributed by atoms with Crippen LogP contribution in [-0.2, 0) is 4.79 Å². The number of piperazine rings is 1. The molecule has 1 aliphatic heterocycles. The third-order valence-electron chi connectivity index (χ3n) is 4.47. The molecular formula is C15H27N3O3. The second kappa shape index (κ2) is 7.11. The number of amides is 2. The lowest BCUT2D eigenvalue weighted by molar-refractivity contribution is -0.142. The summed E-state index contributed by atoms with van der Waals surface area (Å²) in [5.41, 5.74) is 0. The maximum Gasteiger partial charge on any atom is 0.317 e. The number of carbonyl (C=O) groups is 2. The molecule has 1 saturated carbocycles. The van der Waals surface area contributed by atoms with Gasteiger partial charge in [-0.15, -0.1) is 0 Å². The molecule has 1 heterocycles. The summed E-state index contributed by atoms with van der Waals surface area (Å²) in [6.45, 7) is 8.42. The zero-order valence-electron chi connectivity index (χ0n) is 13.0. The van der Waals surface area contributed by atoms with E-state index in [1.54, 1.807) is 4.90 Å². The molecule has 0 spiro atoms. The van der Waals surface area contributed by atoms with Gasteiger partial charge in [-0.05, 0) is 24.7 Å². The summed E-state index contributed by atoms with van der Waals surface area (Å²) >= 11 is 0. The molecule has 6 nitrogen and oxygen atoms in total. The minimum atomic E-state index is -0.848. The van der Waals surface area contributed by atoms with Gasteiger partial charge in [0.1, 0.15) is 0 Å². The van der Waals surface area contributed by atoms with Crippen LogP contribution in [0.15, 0.2) is 0 Å². The van der Waals surface area contributed by atoms with Gasteiger partial charge < -0.3 is 15.3 Å². The molecule has 120 valence electrons. The maximum absolute atomic E-state index is 12.1. The van der Waals surface area contributed by atoms with Crippen LogP contribution in [-0.4, -0.2) is 66.2 Å². The summed E-state index contributed by atoms with van der Waals surface area (Å²) in [7, 11) is 0. The van der Waals surface area contributed by atoms with Crippen LogP contribution in [0.5, 0.6) is 0 Å². The number of carbonyl (C=O) groups excluding carboxylic acids is 1. The van der Waals surface area contributed by atoms with Crippen LogP contribution in [0, 0.1) is 17.8 Å². The highest BCUT2D eigenvalue weighted by molar-refractivity contribution is 5.76. The largest absolute Gasteiger partial charge is 0.481 e. The molecule has 2 N–H and O–H groups in total. The van der Waals surface area contributed by atoms with Gasteiger partial charge in [-0.3, -0.25) is 9.69 Å². The van der Waals surface area contributed by atoms with Crippen molar-refractivity contribution in [3.05, 3.63) is 0 Å². The fraction of sp³-hybridized carbons (Fsp3) is 0.867. The number of carboxylic acids is 1. The van der Waals surface area contributed by atoms with Crippen molar-refractivity contribution in [3.8, 4) is 0 Å². The van der Waals surface area contributed by atoms with Gasteiger partial charge in [-0.1, -0.05) is 13.8 Å². The quantitative estimate of drug-likeness (QED) is 0.769. The molecule has 1 aliphatic carbocycles. The van der Waals surface area contributed by atoms with Gasteiger partial charge in [-0.2, -0.15) is 0 Å². The smallest absolute Gasteiger partial charge is 0.317 e. The van der Waals surface area contributed by atoms with Crippen LogP contribution in [0.2, 0.25) is 0 Å². The Morgan fingerprint density at radius 3 is 2.29 bits per heavy atom. The van der Waals surface area contributed by atoms with Crippen molar-refractivity contribution in [2.45, 2.75) is 26.7 Å². The monoisotopic (exact) mass is 297 g/mol. The first-order valence-electron chi connectivity index (χ1n) is 7.95. The van der Waals surface area contributed by atoms with Crippen LogP contribution >= 0.6 is 0 Å². The van der Waals surface area contributed by atoms with Gasteiger partial charge in [-0.25, -0.2) is 4.79 Å². The van der Waals surface area contributed by atoms with Gasteiger partial charge >= 0.3 is 12.0 Å². The highest BCUT2D eigenvalue weighted by atomic mass is 16.4. The zero-order valence-corrected chi connectivity index (χ0v) is 13.0. The first-order valence-corrected chi connectivity index (χ1v) is 7.95. The molecule has 0 bridgehead atoms. The minimum absolute atomic E-state index is 0.0122. The SMILES string of the molecule is CC(C)C(CNC(=O)N1CCN(CC2CC2)CC1)C(=O)O. The Hall–Kier alpha value is -1.30. The van der Waals surface area contributed by atoms with Crippen LogP contribution in [0.3, 0.4) is 0 Å². The van der Waals surface area contributed by atoms with Gasteiger partial charge in [0, 0.05) is 39.3 Å². The lowest BCUT2D eigenvalue weighted by atomic mass is 9.96. The second-order valence-corrected chi connectivity index (χ2v) is 6.61. The summed E-state index contributed by atoms with van der Waals surface area (Å²) < 4.78 is 0. The molecule has 1 saturated heterocycles. The number of rotatable bonds is 6. The van der Waals surface area contributed by atoms with Gasteiger partial charge in [0.15, 0.2) is 0 Å². The molecule has 2 fully saturated rings. The lowest BCUT2D eigenvalue weighted by Crippen LogP contribution is -2.53. The van der Waals surface area contributed by atoms with Gasteiger partial charge in [0.2, 0.25) is 0 Å². The molecule has 1 unspecified atom stereocenters. The van der Waals surface area contributed by atoms with E-state index in [1.165, 1.54) is 19.4 Å². The van der Waals surface area contributed by atoms with E-state index >= 15 is 0 Å². The molecular weight excluding hydrogens is 270 g/mol. The summed E-state index contributed by atoms with van der Waals surface area (Å²) in [4.78, 5) is 27.4. The molecule has 2 amide bonds. The normalized spacial score (nSPS) is 21.4. The Kier molecular flexibility index (Phi) is 5.45. The molecule has 21 heavy (non-hydrogen) atoms. The van der Waals surface area contributed by atoms with Crippen molar-refractivity contribution in [2.24, 2.45) is 17.8 Å². The molecule has 6 heteroatoms. The van der Waals surface area contributed by atoms with Gasteiger partial charge in [0.05, 0.1) is 5.92 Å². The van der Waals surface area contributed by atoms with E-state index in [9.17, 15) is 9.59 Å². The van der Waals surface area contributed by atoms with Crippen molar-refractivity contribution < 1.29 is 14.7 Å². The predicted octanol–water partition coefficient (Wildman–Crippen LogP) is 1.08. The van der Waals surface area contributed by atoms with Crippen molar-refractivity contribution >= 4 is 12.0 Å². The fourth-order valence-corrected chi connectivity index (χ4v) is 2.72. The number of nitrogens with one attached hydrogen (secondary N) is 1. The van der Waals surface area contributed by atoms with E-state index in [2.05, 4.69) is 10.2 Å². The predicted molar refractivity (Wildman–Crippen MR) is 80.1 cm³/mol. The third-order valence-corrected chi connectivity index (χ3v) is 4.47. The summed E-state index contributed by atoms with van der Waals surface area (Å²) in [6.07, 6.45) is 2.71. The molecule has 1 atom stereocenters.